The predicted octanol–water partition coefficient (Wildman–Crippen LogP) is 1.86. The zero-order valence-electron chi connectivity index (χ0n) is 15.1. The minimum atomic E-state index is -0.320. The average Bonchev–Trinajstić information content (AvgIpc) is 3.26. The largest absolute Gasteiger partial charge is 0.368 e. The van der Waals surface area contributed by atoms with Crippen LogP contribution in [0.2, 0.25) is 0 Å². The van der Waals surface area contributed by atoms with E-state index < -0.39 is 0 Å². The maximum absolute atomic E-state index is 13.5. The van der Waals surface area contributed by atoms with Crippen molar-refractivity contribution in [2.24, 2.45) is 0 Å². The van der Waals surface area contributed by atoms with Gasteiger partial charge in [-0.05, 0) is 34.7 Å². The minimum absolute atomic E-state index is 0.0186. The number of aryl methyl sites for hydroxylation is 1. The highest BCUT2D eigenvalue weighted by molar-refractivity contribution is 5.76. The van der Waals surface area contributed by atoms with E-state index in [9.17, 15) is 9.18 Å². The summed E-state index contributed by atoms with van der Waals surface area (Å²) in [4.78, 5) is 18.9. The first-order valence-corrected chi connectivity index (χ1v) is 9.02. The number of aromatic nitrogens is 5. The van der Waals surface area contributed by atoms with Crippen molar-refractivity contribution in [1.82, 2.24) is 30.1 Å². The number of rotatable bonds is 5. The van der Waals surface area contributed by atoms with E-state index >= 15 is 0 Å². The lowest BCUT2D eigenvalue weighted by Crippen LogP contribution is -2.42. The van der Waals surface area contributed by atoms with Gasteiger partial charge >= 0.3 is 0 Å². The monoisotopic (exact) mass is 382 g/mol. The Morgan fingerprint density at radius 1 is 1.25 bits per heavy atom. The van der Waals surface area contributed by atoms with Crippen molar-refractivity contribution >= 4 is 5.91 Å². The van der Waals surface area contributed by atoms with E-state index in [1.807, 2.05) is 24.3 Å². The summed E-state index contributed by atoms with van der Waals surface area (Å²) in [6, 6.07) is 11.9. The van der Waals surface area contributed by atoms with Gasteiger partial charge in [-0.3, -0.25) is 4.79 Å². The number of hydrogen-bond acceptors (Lipinski definition) is 6. The molecule has 1 amide bonds. The predicted molar refractivity (Wildman–Crippen MR) is 97.3 cm³/mol. The summed E-state index contributed by atoms with van der Waals surface area (Å²) in [5.41, 5.74) is 2.09. The maximum Gasteiger partial charge on any atom is 0.224 e. The molecule has 0 radical (unpaired) electrons. The van der Waals surface area contributed by atoms with Crippen LogP contribution in [0.1, 0.15) is 18.2 Å². The van der Waals surface area contributed by atoms with Crippen LogP contribution in [0.15, 0.2) is 48.8 Å². The van der Waals surface area contributed by atoms with Gasteiger partial charge in [-0.25, -0.2) is 14.1 Å². The molecule has 0 aliphatic carbocycles. The molecule has 0 saturated carbocycles. The fourth-order valence-electron chi connectivity index (χ4n) is 3.15. The first kappa shape index (κ1) is 18.2. The average molecular weight is 382 g/mol. The number of pyridine rings is 1. The Hall–Kier alpha value is -3.20. The first-order valence-electron chi connectivity index (χ1n) is 9.02. The number of carbonyl (C=O) groups excluding carboxylic acids is 1. The van der Waals surface area contributed by atoms with E-state index in [0.29, 0.717) is 43.9 Å². The number of ether oxygens (including phenoxy) is 1. The van der Waals surface area contributed by atoms with Crippen LogP contribution < -0.4 is 0 Å². The number of carbonyl (C=O) groups is 1. The second kappa shape index (κ2) is 8.22. The third-order valence-electron chi connectivity index (χ3n) is 4.59. The fraction of sp³-hybridized carbons (Fsp3) is 0.316. The molecule has 3 heterocycles. The number of halogens is 1. The van der Waals surface area contributed by atoms with Crippen molar-refractivity contribution in [3.05, 3.63) is 60.3 Å². The highest BCUT2D eigenvalue weighted by Crippen LogP contribution is 2.25. The highest BCUT2D eigenvalue weighted by Gasteiger charge is 2.26. The van der Waals surface area contributed by atoms with Gasteiger partial charge in [0.15, 0.2) is 0 Å². The molecule has 1 saturated heterocycles. The van der Waals surface area contributed by atoms with Crippen molar-refractivity contribution in [2.75, 3.05) is 19.7 Å². The minimum Gasteiger partial charge on any atom is -0.368 e. The van der Waals surface area contributed by atoms with Crippen molar-refractivity contribution in [2.45, 2.75) is 19.1 Å². The molecule has 0 spiro atoms. The molecule has 1 aliphatic rings. The fourth-order valence-corrected chi connectivity index (χ4v) is 3.15. The molecule has 2 aromatic heterocycles. The van der Waals surface area contributed by atoms with Gasteiger partial charge in [0.05, 0.1) is 31.1 Å². The number of nitrogens with zero attached hydrogens (tertiary/aromatic N) is 6. The van der Waals surface area contributed by atoms with Crippen molar-refractivity contribution < 1.29 is 13.9 Å². The van der Waals surface area contributed by atoms with Crippen LogP contribution in [0.25, 0.3) is 11.3 Å². The Morgan fingerprint density at radius 2 is 2.14 bits per heavy atom. The molecule has 8 nitrogen and oxygen atoms in total. The van der Waals surface area contributed by atoms with Gasteiger partial charge in [0.2, 0.25) is 5.91 Å². The van der Waals surface area contributed by atoms with E-state index in [2.05, 4.69) is 20.5 Å². The van der Waals surface area contributed by atoms with Gasteiger partial charge < -0.3 is 9.64 Å². The summed E-state index contributed by atoms with van der Waals surface area (Å²) in [6.45, 7) is 1.83. The molecule has 9 heteroatoms. The molecule has 0 bridgehead atoms. The standard InChI is InChI=1S/C19H19FN6O2/c20-15-4-1-3-14(11-15)16-5-2-6-17(22-16)18-12-25(9-10-28-18)19(27)7-8-26-13-21-23-24-26/h1-6,11,13,18H,7-10,12H2. The number of benzene rings is 1. The normalized spacial score (nSPS) is 16.9. The smallest absolute Gasteiger partial charge is 0.224 e. The quantitative estimate of drug-likeness (QED) is 0.670. The van der Waals surface area contributed by atoms with Crippen LogP contribution in [0, 0.1) is 5.82 Å². The van der Waals surface area contributed by atoms with Crippen molar-refractivity contribution in [1.29, 1.82) is 0 Å². The van der Waals surface area contributed by atoms with E-state index in [-0.39, 0.29) is 17.8 Å². The molecule has 1 fully saturated rings. The van der Waals surface area contributed by atoms with Crippen LogP contribution in [0.4, 0.5) is 4.39 Å². The molecule has 3 aromatic rings. The van der Waals surface area contributed by atoms with Gasteiger partial charge in [-0.1, -0.05) is 18.2 Å². The molecule has 0 N–H and O–H groups in total. The summed E-state index contributed by atoms with van der Waals surface area (Å²) >= 11 is 0. The third kappa shape index (κ3) is 4.20. The molecular weight excluding hydrogens is 363 g/mol. The molecule has 1 aromatic carbocycles. The van der Waals surface area contributed by atoms with Gasteiger partial charge in [-0.15, -0.1) is 5.10 Å². The van der Waals surface area contributed by atoms with E-state index in [1.54, 1.807) is 11.0 Å². The van der Waals surface area contributed by atoms with Crippen molar-refractivity contribution in [3.63, 3.8) is 0 Å². The summed E-state index contributed by atoms with van der Waals surface area (Å²) in [7, 11) is 0. The van der Waals surface area contributed by atoms with Gasteiger partial charge in [0.1, 0.15) is 18.2 Å². The van der Waals surface area contributed by atoms with Crippen LogP contribution in [-0.4, -0.2) is 55.7 Å². The summed E-state index contributed by atoms with van der Waals surface area (Å²) in [5, 5.41) is 10.9. The second-order valence-electron chi connectivity index (χ2n) is 6.48. The molecule has 28 heavy (non-hydrogen) atoms. The summed E-state index contributed by atoms with van der Waals surface area (Å²) in [6.07, 6.45) is 1.48. The van der Waals surface area contributed by atoms with Gasteiger partial charge in [0.25, 0.3) is 0 Å². The van der Waals surface area contributed by atoms with E-state index in [1.165, 1.54) is 23.1 Å². The SMILES string of the molecule is O=C(CCn1cnnn1)N1CCOC(c2cccc(-c3cccc(F)c3)n2)C1. The van der Waals surface area contributed by atoms with Crippen molar-refractivity contribution in [3.8, 4) is 11.3 Å². The van der Waals surface area contributed by atoms with E-state index in [4.69, 9.17) is 4.74 Å². The number of amides is 1. The van der Waals surface area contributed by atoms with Gasteiger partial charge in [-0.2, -0.15) is 0 Å². The second-order valence-corrected chi connectivity index (χ2v) is 6.48. The van der Waals surface area contributed by atoms with Gasteiger partial charge in [0, 0.05) is 18.5 Å². The van der Waals surface area contributed by atoms with Crippen LogP contribution in [0.5, 0.6) is 0 Å². The van der Waals surface area contributed by atoms with Crippen LogP contribution in [-0.2, 0) is 16.1 Å². The Bertz CT molecular complexity index is 949. The third-order valence-corrected chi connectivity index (χ3v) is 4.59. The van der Waals surface area contributed by atoms with E-state index in [0.717, 1.165) is 5.69 Å². The number of tetrazole rings is 1. The lowest BCUT2D eigenvalue weighted by molar-refractivity contribution is -0.139. The molecule has 1 unspecified atom stereocenters. The lowest BCUT2D eigenvalue weighted by atomic mass is 10.1. The summed E-state index contributed by atoms with van der Waals surface area (Å²) in [5.74, 6) is -0.289. The summed E-state index contributed by atoms with van der Waals surface area (Å²) < 4.78 is 20.9. The first-order chi connectivity index (χ1) is 13.7. The molecule has 1 atom stereocenters. The molecular formula is C19H19FN6O2. The molecule has 4 rings (SSSR count). The Labute approximate surface area is 160 Å². The number of morpholine rings is 1. The zero-order valence-corrected chi connectivity index (χ0v) is 15.1. The Morgan fingerprint density at radius 3 is 2.96 bits per heavy atom. The van der Waals surface area contributed by atoms with Crippen LogP contribution >= 0.6 is 0 Å². The Balaban J connectivity index is 1.44. The number of hydrogen-bond donors (Lipinski definition) is 0. The highest BCUT2D eigenvalue weighted by atomic mass is 19.1. The zero-order chi connectivity index (χ0) is 19.3. The molecule has 1 aliphatic heterocycles. The topological polar surface area (TPSA) is 86.0 Å². The Kier molecular flexibility index (Phi) is 5.34. The van der Waals surface area contributed by atoms with Crippen LogP contribution in [0.3, 0.4) is 0 Å². The molecule has 144 valence electrons. The maximum atomic E-state index is 13.5. The lowest BCUT2D eigenvalue weighted by Gasteiger charge is -2.33.